The van der Waals surface area contributed by atoms with Crippen LogP contribution in [0.5, 0.6) is 0 Å². The molecule has 6 aromatic rings. The van der Waals surface area contributed by atoms with Gasteiger partial charge < -0.3 is 10.2 Å². The molecule has 0 amide bonds. The summed E-state index contributed by atoms with van der Waals surface area (Å²) >= 11 is 6.77. The summed E-state index contributed by atoms with van der Waals surface area (Å²) in [7, 11) is 0. The molecule has 1 atom stereocenters. The summed E-state index contributed by atoms with van der Waals surface area (Å²) in [5.41, 5.74) is -1.45. The van der Waals surface area contributed by atoms with Crippen LogP contribution in [0.2, 0.25) is 0 Å². The highest BCUT2D eigenvalue weighted by Gasteiger charge is 2.37. The zero-order chi connectivity index (χ0) is 23.8. The van der Waals surface area contributed by atoms with E-state index in [4.69, 9.17) is 12.6 Å². The summed E-state index contributed by atoms with van der Waals surface area (Å²) in [6.07, 6.45) is 0.367. The van der Waals surface area contributed by atoms with Gasteiger partial charge in [0.25, 0.3) is 0 Å². The van der Waals surface area contributed by atoms with Crippen LogP contribution in [0.3, 0.4) is 0 Å². The fourth-order valence-electron chi connectivity index (χ4n) is 4.99. The van der Waals surface area contributed by atoms with Crippen molar-refractivity contribution in [2.45, 2.75) is 43.3 Å². The first kappa shape index (κ1) is 21.9. The van der Waals surface area contributed by atoms with Crippen LogP contribution >= 0.6 is 24.0 Å². The van der Waals surface area contributed by atoms with Crippen LogP contribution in [-0.4, -0.2) is 21.4 Å². The molecule has 1 heterocycles. The molecule has 2 N–H and O–H groups in total. The van der Waals surface area contributed by atoms with E-state index in [1.54, 1.807) is 20.8 Å². The molecule has 1 aromatic heterocycles. The van der Waals surface area contributed by atoms with Gasteiger partial charge in [-0.05, 0) is 65.4 Å². The normalized spacial score (nSPS) is 14.5. The van der Waals surface area contributed by atoms with Crippen molar-refractivity contribution in [3.63, 3.8) is 0 Å². The van der Waals surface area contributed by atoms with E-state index in [9.17, 15) is 10.2 Å². The van der Waals surface area contributed by atoms with Crippen LogP contribution in [0.1, 0.15) is 26.3 Å². The highest BCUT2D eigenvalue weighted by atomic mass is 32.1. The van der Waals surface area contributed by atoms with Gasteiger partial charge in [0.1, 0.15) is 0 Å². The predicted octanol–water partition coefficient (Wildman–Crippen LogP) is 7.87. The van der Waals surface area contributed by atoms with E-state index < -0.39 is 11.2 Å². The zero-order valence-electron chi connectivity index (χ0n) is 19.4. The molecule has 1 unspecified atom stereocenters. The molecule has 0 aliphatic rings. The number of aliphatic hydroxyl groups is 2. The minimum absolute atomic E-state index is 0.367. The Morgan fingerprint density at radius 1 is 0.735 bits per heavy atom. The third-order valence-electron chi connectivity index (χ3n) is 7.34. The van der Waals surface area contributed by atoms with Gasteiger partial charge in [0.15, 0.2) is 0 Å². The lowest BCUT2D eigenvalue weighted by Crippen LogP contribution is -2.49. The van der Waals surface area contributed by atoms with E-state index in [0.717, 1.165) is 21.2 Å². The fraction of sp³-hybridized carbons (Fsp3) is 0.200. The van der Waals surface area contributed by atoms with E-state index in [-0.39, 0.29) is 0 Å². The molecule has 4 heteroatoms. The van der Waals surface area contributed by atoms with E-state index in [1.807, 2.05) is 17.4 Å². The number of thiol groups is 1. The molecule has 5 aromatic carbocycles. The van der Waals surface area contributed by atoms with Gasteiger partial charge in [-0.3, -0.25) is 0 Å². The van der Waals surface area contributed by atoms with Crippen molar-refractivity contribution in [1.29, 1.82) is 0 Å². The summed E-state index contributed by atoms with van der Waals surface area (Å²) in [6, 6.07) is 25.8. The van der Waals surface area contributed by atoms with Crippen molar-refractivity contribution in [1.82, 2.24) is 0 Å². The average molecular weight is 483 g/mol. The van der Waals surface area contributed by atoms with Crippen molar-refractivity contribution in [2.24, 2.45) is 0 Å². The summed E-state index contributed by atoms with van der Waals surface area (Å²) in [4.78, 5) is 0.977. The van der Waals surface area contributed by atoms with Gasteiger partial charge in [-0.25, -0.2) is 0 Å². The maximum absolute atomic E-state index is 10.9. The second-order valence-corrected chi connectivity index (χ2v) is 11.6. The van der Waals surface area contributed by atoms with Gasteiger partial charge in [0.2, 0.25) is 0 Å². The number of rotatable bonds is 3. The van der Waals surface area contributed by atoms with E-state index in [0.29, 0.717) is 6.42 Å². The molecule has 0 spiro atoms. The number of fused-ring (bicyclic) bond motifs is 9. The molecule has 0 saturated heterocycles. The molecular weight excluding hydrogens is 456 g/mol. The monoisotopic (exact) mass is 482 g/mol. The SMILES string of the molecule is CC(C)(O)C(C)(O)Cc1ccc2ccc3sc4c(c(S)cc5ccc6ccccc6c54)c3c2c1. The molecule has 6 rings (SSSR count). The van der Waals surface area contributed by atoms with Crippen LogP contribution in [0.25, 0.3) is 52.5 Å². The van der Waals surface area contributed by atoms with Gasteiger partial charge in [-0.15, -0.1) is 24.0 Å². The predicted molar refractivity (Wildman–Crippen MR) is 150 cm³/mol. The van der Waals surface area contributed by atoms with Crippen molar-refractivity contribution >= 4 is 76.5 Å². The lowest BCUT2D eigenvalue weighted by atomic mass is 9.82. The quantitative estimate of drug-likeness (QED) is 0.177. The minimum atomic E-state index is -1.24. The summed E-state index contributed by atoms with van der Waals surface area (Å²) in [5.74, 6) is 0. The third-order valence-corrected chi connectivity index (χ3v) is 8.87. The first-order chi connectivity index (χ1) is 16.1. The summed E-state index contributed by atoms with van der Waals surface area (Å²) < 4.78 is 2.49. The number of thiophene rings is 1. The van der Waals surface area contributed by atoms with Gasteiger partial charge in [-0.2, -0.15) is 0 Å². The largest absolute Gasteiger partial charge is 0.387 e. The topological polar surface area (TPSA) is 40.5 Å². The third kappa shape index (κ3) is 3.24. The number of hydrogen-bond acceptors (Lipinski definition) is 4. The number of hydrogen-bond donors (Lipinski definition) is 3. The van der Waals surface area contributed by atoms with E-state index in [2.05, 4.69) is 66.7 Å². The molecule has 0 aliphatic heterocycles. The lowest BCUT2D eigenvalue weighted by molar-refractivity contribution is -0.118. The number of benzene rings is 5. The van der Waals surface area contributed by atoms with Gasteiger partial charge >= 0.3 is 0 Å². The molecule has 2 nitrogen and oxygen atoms in total. The van der Waals surface area contributed by atoms with Crippen LogP contribution in [0.4, 0.5) is 0 Å². The molecule has 34 heavy (non-hydrogen) atoms. The molecule has 0 fully saturated rings. The van der Waals surface area contributed by atoms with Crippen molar-refractivity contribution in [3.05, 3.63) is 78.4 Å². The minimum Gasteiger partial charge on any atom is -0.387 e. The molecular formula is C30H26O2S2. The van der Waals surface area contributed by atoms with Crippen LogP contribution in [0.15, 0.2) is 77.7 Å². The zero-order valence-corrected chi connectivity index (χ0v) is 21.1. The van der Waals surface area contributed by atoms with Crippen LogP contribution < -0.4 is 0 Å². The van der Waals surface area contributed by atoms with Crippen molar-refractivity contribution in [2.75, 3.05) is 0 Å². The molecule has 0 radical (unpaired) electrons. The van der Waals surface area contributed by atoms with Gasteiger partial charge in [0, 0.05) is 36.9 Å². The maximum Gasteiger partial charge on any atom is 0.0940 e. The molecule has 170 valence electrons. The lowest BCUT2D eigenvalue weighted by Gasteiger charge is -2.35. The molecule has 0 bridgehead atoms. The summed E-state index contributed by atoms with van der Waals surface area (Å²) in [5, 5.41) is 31.1. The Balaban J connectivity index is 1.70. The summed E-state index contributed by atoms with van der Waals surface area (Å²) in [6.45, 7) is 5.00. The molecule has 0 saturated carbocycles. The van der Waals surface area contributed by atoms with Crippen molar-refractivity contribution < 1.29 is 10.2 Å². The smallest absolute Gasteiger partial charge is 0.0940 e. The Morgan fingerprint density at radius 3 is 2.21 bits per heavy atom. The Kier molecular flexibility index (Phi) is 4.78. The van der Waals surface area contributed by atoms with Crippen LogP contribution in [-0.2, 0) is 6.42 Å². The Hall–Kier alpha value is -2.63. The standard InChI is InChI=1S/C30H26O2S2/c1-29(2,31)30(3,32)16-17-8-9-19-12-13-24-26(22(19)14-17)27-23(33)15-20-11-10-18-6-4-5-7-21(18)25(20)28(27)34-24/h4-15,31-33H,16H2,1-3H3. The van der Waals surface area contributed by atoms with Gasteiger partial charge in [0.05, 0.1) is 11.2 Å². The Labute approximate surface area is 207 Å². The van der Waals surface area contributed by atoms with E-state index >= 15 is 0 Å². The average Bonchev–Trinajstić information content (AvgIpc) is 3.18. The molecule has 0 aliphatic carbocycles. The second-order valence-electron chi connectivity index (χ2n) is 10.1. The fourth-order valence-corrected chi connectivity index (χ4v) is 6.74. The highest BCUT2D eigenvalue weighted by Crippen LogP contribution is 2.46. The van der Waals surface area contributed by atoms with Crippen molar-refractivity contribution in [3.8, 4) is 0 Å². The maximum atomic E-state index is 10.9. The first-order valence-electron chi connectivity index (χ1n) is 11.5. The Bertz CT molecular complexity index is 1750. The Morgan fingerprint density at radius 2 is 1.41 bits per heavy atom. The van der Waals surface area contributed by atoms with Crippen LogP contribution in [0, 0.1) is 0 Å². The second kappa shape index (κ2) is 7.43. The van der Waals surface area contributed by atoms with E-state index in [1.165, 1.54) is 41.7 Å². The highest BCUT2D eigenvalue weighted by molar-refractivity contribution is 7.80. The first-order valence-corrected chi connectivity index (χ1v) is 12.8. The van der Waals surface area contributed by atoms with Gasteiger partial charge in [-0.1, -0.05) is 60.7 Å².